The van der Waals surface area contributed by atoms with Crippen LogP contribution in [-0.4, -0.2) is 96.7 Å². The van der Waals surface area contributed by atoms with Gasteiger partial charge in [0.2, 0.25) is 0 Å². The third-order valence-electron chi connectivity index (χ3n) is 19.8. The van der Waals surface area contributed by atoms with E-state index >= 15 is 0 Å². The lowest BCUT2D eigenvalue weighted by molar-refractivity contribution is -0.161. The van der Waals surface area contributed by atoms with E-state index in [0.717, 1.165) is 115 Å². The van der Waals surface area contributed by atoms with E-state index in [4.69, 9.17) is 37.0 Å². The van der Waals surface area contributed by atoms with Crippen molar-refractivity contribution in [1.82, 2.24) is 0 Å². The zero-order chi connectivity index (χ0) is 76.2. The molecule has 104 heavy (non-hydrogen) atoms. The number of aliphatic hydroxyl groups is 1. The topological polar surface area (TPSA) is 237 Å². The number of phosphoric acid groups is 2. The quantitative estimate of drug-likeness (QED) is 0.0169. The summed E-state index contributed by atoms with van der Waals surface area (Å²) in [6, 6.07) is 0. The monoisotopic (exact) mass is 1520 g/mol. The average molecular weight is 1520 g/mol. The van der Waals surface area contributed by atoms with Gasteiger partial charge in [0.15, 0.2) is 12.2 Å². The third-order valence-corrected chi connectivity index (χ3v) is 21.7. The van der Waals surface area contributed by atoms with Gasteiger partial charge in [-0.1, -0.05) is 380 Å². The molecule has 0 aliphatic rings. The summed E-state index contributed by atoms with van der Waals surface area (Å²) in [5.41, 5.74) is 0. The zero-order valence-electron chi connectivity index (χ0n) is 67.7. The van der Waals surface area contributed by atoms with Crippen molar-refractivity contribution in [3.63, 3.8) is 0 Å². The van der Waals surface area contributed by atoms with Crippen LogP contribution in [0.5, 0.6) is 0 Å². The normalized spacial score (nSPS) is 14.2. The summed E-state index contributed by atoms with van der Waals surface area (Å²) in [6.45, 7) is 7.36. The first-order chi connectivity index (χ1) is 50.6. The molecule has 0 saturated carbocycles. The number of carbonyl (C=O) groups excluding carboxylic acids is 4. The molecule has 0 rings (SSSR count). The van der Waals surface area contributed by atoms with E-state index in [9.17, 15) is 43.2 Å². The Morgan fingerprint density at radius 2 is 0.538 bits per heavy atom. The summed E-state index contributed by atoms with van der Waals surface area (Å²) in [4.78, 5) is 73.2. The molecule has 0 fully saturated rings. The maximum Gasteiger partial charge on any atom is 0.472 e. The van der Waals surface area contributed by atoms with Crippen LogP contribution in [0.4, 0.5) is 0 Å². The van der Waals surface area contributed by atoms with Crippen molar-refractivity contribution in [2.45, 2.75) is 451 Å². The molecule has 0 radical (unpaired) electrons. The van der Waals surface area contributed by atoms with Gasteiger partial charge in [-0.2, -0.15) is 0 Å². The maximum absolute atomic E-state index is 13.1. The molecule has 0 bridgehead atoms. The lowest BCUT2D eigenvalue weighted by Gasteiger charge is -2.21. The molecular formula is C85H162O17P2. The summed E-state index contributed by atoms with van der Waals surface area (Å²) < 4.78 is 68.8. The largest absolute Gasteiger partial charge is 0.472 e. The Hall–Kier alpha value is -2.46. The molecule has 0 aliphatic heterocycles. The summed E-state index contributed by atoms with van der Waals surface area (Å²) in [7, 11) is -9.94. The van der Waals surface area contributed by atoms with Crippen molar-refractivity contribution >= 4 is 39.5 Å². The van der Waals surface area contributed by atoms with Crippen molar-refractivity contribution < 1.29 is 80.2 Å². The number of aliphatic hydroxyl groups excluding tert-OH is 1. The number of esters is 4. The lowest BCUT2D eigenvalue weighted by Crippen LogP contribution is -2.30. The number of phosphoric ester groups is 2. The second-order valence-electron chi connectivity index (χ2n) is 30.1. The SMILES string of the molecule is CCCCCC/C=C\C=C/CCCCCCCC(=O)OC[C@H](COP(=O)(O)OC[C@@H](O)COP(=O)(O)OC[C@@H](COC(=O)CCCCCCCCCCCCCC)OC(=O)CCCCCCCCCCCCCCCCC)OC(=O)CCCCCCCCCCCCCCCCCCCCC(C)CC. The number of rotatable bonds is 83. The van der Waals surface area contributed by atoms with E-state index in [2.05, 4.69) is 58.9 Å². The Bertz CT molecular complexity index is 2080. The number of ether oxygens (including phenoxy) is 4. The first-order valence-electron chi connectivity index (χ1n) is 43.5. The summed E-state index contributed by atoms with van der Waals surface area (Å²) in [5.74, 6) is -1.26. The first-order valence-corrected chi connectivity index (χ1v) is 46.5. The molecule has 6 atom stereocenters. The smallest absolute Gasteiger partial charge is 0.462 e. The Morgan fingerprint density at radius 1 is 0.308 bits per heavy atom. The first kappa shape index (κ1) is 102. The van der Waals surface area contributed by atoms with E-state index in [1.54, 1.807) is 0 Å². The summed E-state index contributed by atoms with van der Waals surface area (Å²) in [5, 5.41) is 10.7. The molecule has 0 aromatic heterocycles. The van der Waals surface area contributed by atoms with Crippen molar-refractivity contribution in [2.24, 2.45) is 5.92 Å². The molecule has 0 heterocycles. The fourth-order valence-electron chi connectivity index (χ4n) is 12.7. The molecule has 19 heteroatoms. The van der Waals surface area contributed by atoms with Crippen LogP contribution in [0.2, 0.25) is 0 Å². The zero-order valence-corrected chi connectivity index (χ0v) is 69.4. The molecular weight excluding hydrogens is 1350 g/mol. The van der Waals surface area contributed by atoms with Crippen molar-refractivity contribution in [1.29, 1.82) is 0 Å². The van der Waals surface area contributed by atoms with Gasteiger partial charge in [0, 0.05) is 25.7 Å². The molecule has 0 aromatic rings. The lowest BCUT2D eigenvalue weighted by atomic mass is 9.99. The van der Waals surface area contributed by atoms with Crippen LogP contribution in [0.15, 0.2) is 24.3 Å². The molecule has 3 N–H and O–H groups in total. The number of hydrogen-bond donors (Lipinski definition) is 3. The Kier molecular flexibility index (Phi) is 75.4. The van der Waals surface area contributed by atoms with Gasteiger partial charge < -0.3 is 33.8 Å². The highest BCUT2D eigenvalue weighted by molar-refractivity contribution is 7.47. The van der Waals surface area contributed by atoms with E-state index in [1.807, 2.05) is 0 Å². The molecule has 0 saturated heterocycles. The summed E-state index contributed by atoms with van der Waals surface area (Å²) >= 11 is 0. The molecule has 0 spiro atoms. The minimum atomic E-state index is -4.97. The van der Waals surface area contributed by atoms with Crippen LogP contribution in [-0.2, 0) is 65.4 Å². The fraction of sp³-hybridized carbons (Fsp3) is 0.906. The maximum atomic E-state index is 13.1. The van der Waals surface area contributed by atoms with E-state index in [1.165, 1.54) is 238 Å². The van der Waals surface area contributed by atoms with E-state index in [-0.39, 0.29) is 25.7 Å². The van der Waals surface area contributed by atoms with Crippen LogP contribution >= 0.6 is 15.6 Å². The fourth-order valence-corrected chi connectivity index (χ4v) is 14.3. The third kappa shape index (κ3) is 76.3. The summed E-state index contributed by atoms with van der Waals surface area (Å²) in [6.07, 6.45) is 72.8. The Balaban J connectivity index is 5.26. The molecule has 3 unspecified atom stereocenters. The van der Waals surface area contributed by atoms with Gasteiger partial charge in [0.05, 0.1) is 26.4 Å². The number of hydrogen-bond acceptors (Lipinski definition) is 15. The van der Waals surface area contributed by atoms with Gasteiger partial charge >= 0.3 is 39.5 Å². The van der Waals surface area contributed by atoms with Crippen molar-refractivity contribution in [2.75, 3.05) is 39.6 Å². The Labute approximate surface area is 637 Å². The molecule has 0 aliphatic carbocycles. The number of allylic oxidation sites excluding steroid dienone is 4. The second-order valence-corrected chi connectivity index (χ2v) is 33.0. The van der Waals surface area contributed by atoms with Crippen LogP contribution < -0.4 is 0 Å². The van der Waals surface area contributed by atoms with Crippen LogP contribution in [0.1, 0.15) is 433 Å². The van der Waals surface area contributed by atoms with Crippen LogP contribution in [0.25, 0.3) is 0 Å². The van der Waals surface area contributed by atoms with Gasteiger partial charge in [-0.25, -0.2) is 9.13 Å². The highest BCUT2D eigenvalue weighted by atomic mass is 31.2. The average Bonchev–Trinajstić information content (AvgIpc) is 0.905. The van der Waals surface area contributed by atoms with Gasteiger partial charge in [-0.05, 0) is 57.3 Å². The van der Waals surface area contributed by atoms with Crippen molar-refractivity contribution in [3.8, 4) is 0 Å². The van der Waals surface area contributed by atoms with Crippen molar-refractivity contribution in [3.05, 3.63) is 24.3 Å². The Morgan fingerprint density at radius 3 is 0.817 bits per heavy atom. The molecule has 614 valence electrons. The number of unbranched alkanes of at least 4 members (excludes halogenated alkanes) is 51. The highest BCUT2D eigenvalue weighted by Crippen LogP contribution is 2.45. The predicted molar refractivity (Wildman–Crippen MR) is 428 cm³/mol. The van der Waals surface area contributed by atoms with Crippen LogP contribution in [0.3, 0.4) is 0 Å². The minimum Gasteiger partial charge on any atom is -0.462 e. The molecule has 0 aromatic carbocycles. The van der Waals surface area contributed by atoms with Gasteiger partial charge in [-0.3, -0.25) is 37.3 Å². The minimum absolute atomic E-state index is 0.102. The van der Waals surface area contributed by atoms with Gasteiger partial charge in [0.1, 0.15) is 19.3 Å². The van der Waals surface area contributed by atoms with Crippen LogP contribution in [0, 0.1) is 5.92 Å². The second kappa shape index (κ2) is 77.3. The standard InChI is InChI=1S/C85H162O17P2/c1-6-10-13-16-19-22-25-28-34-39-44-49-54-59-64-69-83(88)96-75-81(102-85(90)71-66-61-56-51-46-41-37-33-31-30-32-36-38-42-47-52-57-62-67-78(5)9-4)77-100-104(93,94)98-73-79(86)72-97-103(91,92)99-76-80(74-95-82(87)68-63-58-53-48-43-27-24-21-18-15-12-8-3)101-84(89)70-65-60-55-50-45-40-35-29-26-23-20-17-14-11-7-2/h22,25,28,34,78-81,86H,6-21,23-24,26-27,29-33,35-77H2,1-5H3,(H,91,92)(H,93,94)/b25-22-,34-28-/t78?,79-,80+,81+/m0/s1. The highest BCUT2D eigenvalue weighted by Gasteiger charge is 2.30. The predicted octanol–water partition coefficient (Wildman–Crippen LogP) is 25.5. The van der Waals surface area contributed by atoms with Gasteiger partial charge in [-0.15, -0.1) is 0 Å². The van der Waals surface area contributed by atoms with Gasteiger partial charge in [0.25, 0.3) is 0 Å². The van der Waals surface area contributed by atoms with E-state index in [0.29, 0.717) is 25.7 Å². The number of carbonyl (C=O) groups is 4. The molecule has 17 nitrogen and oxygen atoms in total. The molecule has 0 amide bonds. The van der Waals surface area contributed by atoms with E-state index < -0.39 is 97.5 Å².